The highest BCUT2D eigenvalue weighted by atomic mass is 32.2. The first-order valence-corrected chi connectivity index (χ1v) is 6.39. The Bertz CT molecular complexity index is 220. The number of ether oxygens (including phenoxy) is 2. The average molecular weight is 236 g/mol. The Morgan fingerprint density at radius 2 is 1.87 bits per heavy atom. The van der Waals surface area contributed by atoms with Crippen LogP contribution in [-0.4, -0.2) is 41.0 Å². The van der Waals surface area contributed by atoms with Gasteiger partial charge in [0.1, 0.15) is 5.60 Å². The van der Waals surface area contributed by atoms with Gasteiger partial charge >= 0.3 is 5.97 Å². The molecule has 0 rings (SSSR count). The van der Waals surface area contributed by atoms with E-state index in [1.807, 2.05) is 20.8 Å². The largest absolute Gasteiger partial charge is 0.460 e. The van der Waals surface area contributed by atoms with Crippen LogP contribution in [0.25, 0.3) is 0 Å². The third-order valence-corrected chi connectivity index (χ3v) is 2.75. The van der Waals surface area contributed by atoms with Crippen molar-refractivity contribution in [2.24, 2.45) is 0 Å². The summed E-state index contributed by atoms with van der Waals surface area (Å²) < 4.78 is 21.2. The van der Waals surface area contributed by atoms with Crippen molar-refractivity contribution in [3.05, 3.63) is 0 Å². The second-order valence-corrected chi connectivity index (χ2v) is 5.87. The lowest BCUT2D eigenvalue weighted by molar-refractivity contribution is -0.154. The fourth-order valence-electron chi connectivity index (χ4n) is 0.868. The lowest BCUT2D eigenvalue weighted by atomic mass is 10.2. The topological polar surface area (TPSA) is 52.6 Å². The van der Waals surface area contributed by atoms with Gasteiger partial charge in [-0.3, -0.25) is 9.00 Å². The van der Waals surface area contributed by atoms with E-state index >= 15 is 0 Å². The van der Waals surface area contributed by atoms with Crippen LogP contribution >= 0.6 is 0 Å². The molecule has 1 unspecified atom stereocenters. The van der Waals surface area contributed by atoms with Crippen LogP contribution in [0.15, 0.2) is 0 Å². The van der Waals surface area contributed by atoms with Crippen molar-refractivity contribution < 1.29 is 18.5 Å². The molecule has 0 bridgehead atoms. The molecule has 0 aromatic heterocycles. The molecule has 5 heteroatoms. The van der Waals surface area contributed by atoms with E-state index < -0.39 is 16.4 Å². The van der Waals surface area contributed by atoms with E-state index in [-0.39, 0.29) is 12.4 Å². The molecule has 0 amide bonds. The Labute approximate surface area is 93.8 Å². The molecule has 0 N–H and O–H groups in total. The van der Waals surface area contributed by atoms with Crippen molar-refractivity contribution >= 4 is 16.8 Å². The summed E-state index contributed by atoms with van der Waals surface area (Å²) in [6.45, 7) is 5.90. The lowest BCUT2D eigenvalue weighted by Gasteiger charge is -2.19. The molecule has 0 aromatic rings. The number of rotatable bonds is 6. The van der Waals surface area contributed by atoms with Gasteiger partial charge in [-0.1, -0.05) is 0 Å². The van der Waals surface area contributed by atoms with Gasteiger partial charge in [0.2, 0.25) is 0 Å². The number of hydrogen-bond acceptors (Lipinski definition) is 4. The van der Waals surface area contributed by atoms with Crippen LogP contribution in [0, 0.1) is 0 Å². The Hall–Kier alpha value is -0.420. The van der Waals surface area contributed by atoms with Crippen LogP contribution in [0.1, 0.15) is 27.2 Å². The fraction of sp³-hybridized carbons (Fsp3) is 0.900. The Kier molecular flexibility index (Phi) is 6.76. The summed E-state index contributed by atoms with van der Waals surface area (Å²) in [7, 11) is 0.566. The molecule has 0 spiro atoms. The normalized spacial score (nSPS) is 13.6. The molecule has 0 aliphatic heterocycles. The maximum absolute atomic E-state index is 11.3. The standard InChI is InChI=1S/C10H20O4S/c1-10(2,3)14-9(11)5-7-15(12)8-6-13-4/h5-8H2,1-4H3. The zero-order valence-electron chi connectivity index (χ0n) is 9.87. The number of methoxy groups -OCH3 is 1. The highest BCUT2D eigenvalue weighted by molar-refractivity contribution is 7.85. The monoisotopic (exact) mass is 236 g/mol. The van der Waals surface area contributed by atoms with Gasteiger partial charge in [0.15, 0.2) is 0 Å². The summed E-state index contributed by atoms with van der Waals surface area (Å²) >= 11 is 0. The second-order valence-electron chi connectivity index (χ2n) is 4.18. The van der Waals surface area contributed by atoms with Crippen molar-refractivity contribution in [1.82, 2.24) is 0 Å². The van der Waals surface area contributed by atoms with Crippen LogP contribution in [0.2, 0.25) is 0 Å². The molecule has 4 nitrogen and oxygen atoms in total. The summed E-state index contributed by atoms with van der Waals surface area (Å²) in [6, 6.07) is 0. The molecule has 0 saturated heterocycles. The van der Waals surface area contributed by atoms with Crippen molar-refractivity contribution in [2.75, 3.05) is 25.2 Å². The minimum Gasteiger partial charge on any atom is -0.460 e. The van der Waals surface area contributed by atoms with Crippen molar-refractivity contribution in [2.45, 2.75) is 32.8 Å². The molecule has 0 aliphatic rings. The van der Waals surface area contributed by atoms with Crippen LogP contribution in [0.5, 0.6) is 0 Å². The minimum atomic E-state index is -0.995. The molecular weight excluding hydrogens is 216 g/mol. The molecule has 0 radical (unpaired) electrons. The Morgan fingerprint density at radius 3 is 2.33 bits per heavy atom. The molecule has 90 valence electrons. The second kappa shape index (κ2) is 6.95. The number of hydrogen-bond donors (Lipinski definition) is 0. The molecule has 0 saturated carbocycles. The van der Waals surface area contributed by atoms with E-state index in [9.17, 15) is 9.00 Å². The minimum absolute atomic E-state index is 0.202. The first-order valence-electron chi connectivity index (χ1n) is 4.91. The van der Waals surface area contributed by atoms with Crippen molar-refractivity contribution in [1.29, 1.82) is 0 Å². The first kappa shape index (κ1) is 14.6. The third-order valence-electron chi connectivity index (χ3n) is 1.47. The molecule has 0 aromatic carbocycles. The molecule has 0 aliphatic carbocycles. The number of esters is 1. The highest BCUT2D eigenvalue weighted by Crippen LogP contribution is 2.08. The van der Waals surface area contributed by atoms with Gasteiger partial charge < -0.3 is 9.47 Å². The van der Waals surface area contributed by atoms with E-state index in [1.54, 1.807) is 7.11 Å². The Balaban J connectivity index is 3.67. The summed E-state index contributed by atoms with van der Waals surface area (Å²) in [6.07, 6.45) is 0.202. The van der Waals surface area contributed by atoms with Gasteiger partial charge in [-0.2, -0.15) is 0 Å². The van der Waals surface area contributed by atoms with Crippen LogP contribution in [-0.2, 0) is 25.1 Å². The van der Waals surface area contributed by atoms with E-state index in [0.717, 1.165) is 0 Å². The molecule has 1 atom stereocenters. The summed E-state index contributed by atoms with van der Waals surface area (Å²) in [5, 5.41) is 0. The van der Waals surface area contributed by atoms with E-state index in [2.05, 4.69) is 0 Å². The van der Waals surface area contributed by atoms with Crippen molar-refractivity contribution in [3.63, 3.8) is 0 Å². The Morgan fingerprint density at radius 1 is 1.27 bits per heavy atom. The molecule has 0 heterocycles. The predicted molar refractivity (Wildman–Crippen MR) is 60.2 cm³/mol. The van der Waals surface area contributed by atoms with Crippen LogP contribution in [0.3, 0.4) is 0 Å². The highest BCUT2D eigenvalue weighted by Gasteiger charge is 2.16. The molecular formula is C10H20O4S. The van der Waals surface area contributed by atoms with E-state index in [0.29, 0.717) is 18.1 Å². The van der Waals surface area contributed by atoms with Gasteiger partial charge in [-0.15, -0.1) is 0 Å². The summed E-state index contributed by atoms with van der Waals surface area (Å²) in [4.78, 5) is 11.2. The zero-order chi connectivity index (χ0) is 11.9. The summed E-state index contributed by atoms with van der Waals surface area (Å²) in [5.41, 5.74) is -0.467. The van der Waals surface area contributed by atoms with Crippen LogP contribution in [0.4, 0.5) is 0 Å². The van der Waals surface area contributed by atoms with Gasteiger partial charge in [-0.25, -0.2) is 0 Å². The molecule has 0 fully saturated rings. The zero-order valence-corrected chi connectivity index (χ0v) is 10.7. The van der Waals surface area contributed by atoms with E-state index in [4.69, 9.17) is 9.47 Å². The maximum Gasteiger partial charge on any atom is 0.307 e. The lowest BCUT2D eigenvalue weighted by Crippen LogP contribution is -2.25. The third kappa shape index (κ3) is 9.87. The maximum atomic E-state index is 11.3. The van der Waals surface area contributed by atoms with Gasteiger partial charge in [0.25, 0.3) is 0 Å². The molecule has 15 heavy (non-hydrogen) atoms. The smallest absolute Gasteiger partial charge is 0.307 e. The van der Waals surface area contributed by atoms with Crippen LogP contribution < -0.4 is 0 Å². The predicted octanol–water partition coefficient (Wildman–Crippen LogP) is 1.11. The fourth-order valence-corrected chi connectivity index (χ4v) is 1.82. The summed E-state index contributed by atoms with van der Waals surface area (Å²) in [5.74, 6) is 0.519. The number of carbonyl (C=O) groups excluding carboxylic acids is 1. The van der Waals surface area contributed by atoms with E-state index in [1.165, 1.54) is 0 Å². The van der Waals surface area contributed by atoms with Crippen molar-refractivity contribution in [3.8, 4) is 0 Å². The average Bonchev–Trinajstić information content (AvgIpc) is 2.08. The first-order chi connectivity index (χ1) is 6.85. The SMILES string of the molecule is COCCS(=O)CCC(=O)OC(C)(C)C. The number of carbonyl (C=O) groups is 1. The van der Waals surface area contributed by atoms with Gasteiger partial charge in [0, 0.05) is 29.4 Å². The quantitative estimate of drug-likeness (QED) is 0.648. The van der Waals surface area contributed by atoms with Gasteiger partial charge in [-0.05, 0) is 20.8 Å². The van der Waals surface area contributed by atoms with Gasteiger partial charge in [0.05, 0.1) is 13.0 Å².